The molecule has 0 spiro atoms. The SMILES string of the molecule is Cc1cc2nc(C)c(=O)n(Cc3ccc(C(=O)NC(C)C)cc3)c2cc1C. The Bertz CT molecular complexity index is 1060. The van der Waals surface area contributed by atoms with Crippen LogP contribution in [0.25, 0.3) is 11.0 Å². The second kappa shape index (κ2) is 7.35. The Morgan fingerprint density at radius 1 is 1.07 bits per heavy atom. The second-order valence-electron chi connectivity index (χ2n) is 7.34. The lowest BCUT2D eigenvalue weighted by Gasteiger charge is -2.14. The maximum atomic E-state index is 12.7. The van der Waals surface area contributed by atoms with E-state index in [1.807, 2.05) is 52.0 Å². The molecule has 140 valence electrons. The Morgan fingerprint density at radius 2 is 1.70 bits per heavy atom. The number of rotatable bonds is 4. The van der Waals surface area contributed by atoms with Gasteiger partial charge in [-0.3, -0.25) is 9.59 Å². The molecule has 1 heterocycles. The number of aryl methyl sites for hydroxylation is 3. The third-order valence-electron chi connectivity index (χ3n) is 4.70. The maximum Gasteiger partial charge on any atom is 0.272 e. The van der Waals surface area contributed by atoms with Crippen LogP contribution in [0, 0.1) is 20.8 Å². The highest BCUT2D eigenvalue weighted by atomic mass is 16.1. The van der Waals surface area contributed by atoms with Gasteiger partial charge in [-0.05, 0) is 75.6 Å². The molecule has 0 atom stereocenters. The minimum atomic E-state index is -0.0926. The lowest BCUT2D eigenvalue weighted by molar-refractivity contribution is 0.0943. The molecule has 1 amide bonds. The van der Waals surface area contributed by atoms with Crippen LogP contribution in [-0.2, 0) is 6.54 Å². The quantitative estimate of drug-likeness (QED) is 0.771. The average Bonchev–Trinajstić information content (AvgIpc) is 2.61. The van der Waals surface area contributed by atoms with E-state index >= 15 is 0 Å². The minimum Gasteiger partial charge on any atom is -0.350 e. The average molecular weight is 363 g/mol. The van der Waals surface area contributed by atoms with Crippen LogP contribution >= 0.6 is 0 Å². The molecule has 1 N–H and O–H groups in total. The number of carbonyl (C=O) groups is 1. The maximum absolute atomic E-state index is 12.7. The number of hydrogen-bond acceptors (Lipinski definition) is 3. The second-order valence-corrected chi connectivity index (χ2v) is 7.34. The van der Waals surface area contributed by atoms with E-state index in [1.165, 1.54) is 0 Å². The van der Waals surface area contributed by atoms with Crippen molar-refractivity contribution in [2.45, 2.75) is 47.2 Å². The Labute approximate surface area is 159 Å². The monoisotopic (exact) mass is 363 g/mol. The summed E-state index contributed by atoms with van der Waals surface area (Å²) in [4.78, 5) is 29.3. The lowest BCUT2D eigenvalue weighted by Crippen LogP contribution is -2.30. The number of benzene rings is 2. The number of carbonyl (C=O) groups excluding carboxylic acids is 1. The van der Waals surface area contributed by atoms with Gasteiger partial charge in [0, 0.05) is 11.6 Å². The zero-order valence-corrected chi connectivity index (χ0v) is 16.5. The van der Waals surface area contributed by atoms with Crippen LogP contribution in [0.1, 0.15) is 46.6 Å². The van der Waals surface area contributed by atoms with E-state index in [0.717, 1.165) is 27.7 Å². The summed E-state index contributed by atoms with van der Waals surface area (Å²) < 4.78 is 1.76. The van der Waals surface area contributed by atoms with Crippen LogP contribution < -0.4 is 10.9 Å². The fraction of sp³-hybridized carbons (Fsp3) is 0.318. The summed E-state index contributed by atoms with van der Waals surface area (Å²) in [6.07, 6.45) is 0. The zero-order chi connectivity index (χ0) is 19.7. The van der Waals surface area contributed by atoms with E-state index in [-0.39, 0.29) is 17.5 Å². The van der Waals surface area contributed by atoms with Crippen LogP contribution in [0.4, 0.5) is 0 Å². The fourth-order valence-electron chi connectivity index (χ4n) is 3.07. The van der Waals surface area contributed by atoms with Gasteiger partial charge >= 0.3 is 0 Å². The predicted octanol–water partition coefficient (Wildman–Crippen LogP) is 3.51. The van der Waals surface area contributed by atoms with Crippen LogP contribution in [0.2, 0.25) is 0 Å². The van der Waals surface area contributed by atoms with E-state index in [2.05, 4.69) is 10.3 Å². The first-order chi connectivity index (χ1) is 12.8. The van der Waals surface area contributed by atoms with Crippen molar-refractivity contribution < 1.29 is 4.79 Å². The molecule has 27 heavy (non-hydrogen) atoms. The molecule has 1 aromatic heterocycles. The van der Waals surface area contributed by atoms with Gasteiger partial charge in [0.1, 0.15) is 5.69 Å². The Balaban J connectivity index is 1.99. The van der Waals surface area contributed by atoms with Crippen molar-refractivity contribution in [3.63, 3.8) is 0 Å². The molecule has 0 unspecified atom stereocenters. The van der Waals surface area contributed by atoms with Crippen LogP contribution in [0.15, 0.2) is 41.2 Å². The summed E-state index contributed by atoms with van der Waals surface area (Å²) in [6.45, 7) is 10.1. The van der Waals surface area contributed by atoms with Crippen molar-refractivity contribution in [3.8, 4) is 0 Å². The Hall–Kier alpha value is -2.95. The van der Waals surface area contributed by atoms with Gasteiger partial charge in [-0.2, -0.15) is 0 Å². The minimum absolute atomic E-state index is 0.0904. The van der Waals surface area contributed by atoms with Gasteiger partial charge in [-0.25, -0.2) is 4.98 Å². The van der Waals surface area contributed by atoms with Crippen molar-refractivity contribution >= 4 is 16.9 Å². The smallest absolute Gasteiger partial charge is 0.272 e. The first-order valence-electron chi connectivity index (χ1n) is 9.14. The van der Waals surface area contributed by atoms with Crippen molar-refractivity contribution in [2.75, 3.05) is 0 Å². The number of hydrogen-bond donors (Lipinski definition) is 1. The van der Waals surface area contributed by atoms with E-state index in [9.17, 15) is 9.59 Å². The summed E-state index contributed by atoms with van der Waals surface area (Å²) >= 11 is 0. The predicted molar refractivity (Wildman–Crippen MR) is 108 cm³/mol. The van der Waals surface area contributed by atoms with Crippen molar-refractivity contribution in [2.24, 2.45) is 0 Å². The lowest BCUT2D eigenvalue weighted by atomic mass is 10.1. The fourth-order valence-corrected chi connectivity index (χ4v) is 3.07. The molecule has 0 aliphatic carbocycles. The molecule has 0 bridgehead atoms. The molecule has 2 aromatic carbocycles. The van der Waals surface area contributed by atoms with E-state index in [0.29, 0.717) is 17.8 Å². The normalized spacial score (nSPS) is 11.2. The zero-order valence-electron chi connectivity index (χ0n) is 16.5. The summed E-state index contributed by atoms with van der Waals surface area (Å²) in [7, 11) is 0. The van der Waals surface area contributed by atoms with Gasteiger partial charge < -0.3 is 9.88 Å². The Kier molecular flexibility index (Phi) is 5.13. The van der Waals surface area contributed by atoms with Crippen LogP contribution in [0.3, 0.4) is 0 Å². The van der Waals surface area contributed by atoms with Gasteiger partial charge in [-0.1, -0.05) is 12.1 Å². The molecule has 0 saturated heterocycles. The summed E-state index contributed by atoms with van der Waals surface area (Å²) in [6, 6.07) is 11.5. The first-order valence-corrected chi connectivity index (χ1v) is 9.14. The molecule has 3 aromatic rings. The topological polar surface area (TPSA) is 64.0 Å². The first kappa shape index (κ1) is 18.8. The third-order valence-corrected chi connectivity index (χ3v) is 4.70. The summed E-state index contributed by atoms with van der Waals surface area (Å²) in [5.74, 6) is -0.0926. The van der Waals surface area contributed by atoms with E-state index < -0.39 is 0 Å². The van der Waals surface area contributed by atoms with Gasteiger partial charge in [0.25, 0.3) is 11.5 Å². The third kappa shape index (κ3) is 3.92. The van der Waals surface area contributed by atoms with E-state index in [4.69, 9.17) is 0 Å². The van der Waals surface area contributed by atoms with Crippen molar-refractivity contribution in [3.05, 3.63) is 74.7 Å². The molecule has 0 saturated carbocycles. The highest BCUT2D eigenvalue weighted by molar-refractivity contribution is 5.94. The molecule has 5 nitrogen and oxygen atoms in total. The van der Waals surface area contributed by atoms with Gasteiger partial charge in [0.05, 0.1) is 17.6 Å². The molecule has 0 aliphatic heterocycles. The number of fused-ring (bicyclic) bond motifs is 1. The number of aromatic nitrogens is 2. The number of amides is 1. The highest BCUT2D eigenvalue weighted by Crippen LogP contribution is 2.18. The standard InChI is InChI=1S/C22H25N3O2/c1-13(2)23-21(26)18-8-6-17(7-9-18)12-25-20-11-15(4)14(3)10-19(20)24-16(5)22(25)27/h6-11,13H,12H2,1-5H3,(H,23,26). The highest BCUT2D eigenvalue weighted by Gasteiger charge is 2.11. The molecular formula is C22H25N3O2. The molecular weight excluding hydrogens is 338 g/mol. The number of nitrogens with one attached hydrogen (secondary N) is 1. The molecule has 0 radical (unpaired) electrons. The largest absolute Gasteiger partial charge is 0.350 e. The van der Waals surface area contributed by atoms with Crippen molar-refractivity contribution in [1.29, 1.82) is 0 Å². The van der Waals surface area contributed by atoms with E-state index in [1.54, 1.807) is 23.6 Å². The Morgan fingerprint density at radius 3 is 2.33 bits per heavy atom. The van der Waals surface area contributed by atoms with Gasteiger partial charge in [0.2, 0.25) is 0 Å². The summed E-state index contributed by atoms with van der Waals surface area (Å²) in [5, 5.41) is 2.88. The van der Waals surface area contributed by atoms with Gasteiger partial charge in [0.15, 0.2) is 0 Å². The van der Waals surface area contributed by atoms with Crippen molar-refractivity contribution in [1.82, 2.24) is 14.9 Å². The molecule has 3 rings (SSSR count). The summed E-state index contributed by atoms with van der Waals surface area (Å²) in [5.41, 5.74) is 5.90. The molecule has 0 fully saturated rings. The van der Waals surface area contributed by atoms with Crippen LogP contribution in [0.5, 0.6) is 0 Å². The molecule has 5 heteroatoms. The van der Waals surface area contributed by atoms with Gasteiger partial charge in [-0.15, -0.1) is 0 Å². The molecule has 0 aliphatic rings. The number of nitrogens with zero attached hydrogens (tertiary/aromatic N) is 2. The van der Waals surface area contributed by atoms with Crippen LogP contribution in [-0.4, -0.2) is 21.5 Å².